The van der Waals surface area contributed by atoms with Crippen LogP contribution in [0.1, 0.15) is 5.56 Å². The fourth-order valence-corrected chi connectivity index (χ4v) is 1.31. The summed E-state index contributed by atoms with van der Waals surface area (Å²) in [6.07, 6.45) is 0.663. The predicted octanol–water partition coefficient (Wildman–Crippen LogP) is 0.180. The van der Waals surface area contributed by atoms with Gasteiger partial charge in [-0.25, -0.2) is 0 Å². The Balaban J connectivity index is 2.42. The molecule has 0 aliphatic rings. The minimum atomic E-state index is -0.0443. The Kier molecular flexibility index (Phi) is 5.85. The van der Waals surface area contributed by atoms with Gasteiger partial charge in [-0.3, -0.25) is 0 Å². The molecule has 0 saturated heterocycles. The number of hydrogen-bond acceptors (Lipinski definition) is 4. The molecule has 0 bridgehead atoms. The van der Waals surface area contributed by atoms with E-state index in [0.29, 0.717) is 13.0 Å². The number of nitrogens with one attached hydrogen (secondary N) is 1. The molecule has 1 rings (SSSR count). The van der Waals surface area contributed by atoms with Crippen molar-refractivity contribution >= 4 is 0 Å². The Morgan fingerprint density at radius 1 is 1.25 bits per heavy atom. The van der Waals surface area contributed by atoms with Crippen LogP contribution in [0.4, 0.5) is 0 Å². The minimum Gasteiger partial charge on any atom is -0.492 e. The second kappa shape index (κ2) is 7.22. The lowest BCUT2D eigenvalue weighted by Gasteiger charge is -2.14. The number of rotatable bonds is 7. The van der Waals surface area contributed by atoms with E-state index in [0.717, 1.165) is 11.3 Å². The van der Waals surface area contributed by atoms with Crippen molar-refractivity contribution in [2.45, 2.75) is 12.5 Å². The van der Waals surface area contributed by atoms with E-state index in [1.165, 1.54) is 0 Å². The molecular weight excluding hydrogens is 206 g/mol. The highest BCUT2D eigenvalue weighted by Gasteiger charge is 2.04. The third kappa shape index (κ3) is 4.18. The van der Waals surface area contributed by atoms with Crippen LogP contribution in [0, 0.1) is 0 Å². The van der Waals surface area contributed by atoms with Crippen LogP contribution in [0.5, 0.6) is 5.75 Å². The molecule has 3 N–H and O–H groups in total. The van der Waals surface area contributed by atoms with Crippen molar-refractivity contribution in [2.75, 3.05) is 26.9 Å². The fourth-order valence-electron chi connectivity index (χ4n) is 1.31. The van der Waals surface area contributed by atoms with Gasteiger partial charge in [0.15, 0.2) is 0 Å². The lowest BCUT2D eigenvalue weighted by molar-refractivity contribution is 0.189. The first kappa shape index (κ1) is 13.0. The van der Waals surface area contributed by atoms with E-state index in [-0.39, 0.29) is 19.3 Å². The van der Waals surface area contributed by atoms with Crippen molar-refractivity contribution in [3.05, 3.63) is 29.8 Å². The fraction of sp³-hybridized carbons (Fsp3) is 0.500. The molecule has 0 aliphatic carbocycles. The molecule has 0 radical (unpaired) electrons. The van der Waals surface area contributed by atoms with Crippen molar-refractivity contribution in [3.8, 4) is 5.75 Å². The van der Waals surface area contributed by atoms with Crippen molar-refractivity contribution in [1.29, 1.82) is 0 Å². The van der Waals surface area contributed by atoms with Gasteiger partial charge >= 0.3 is 0 Å². The summed E-state index contributed by atoms with van der Waals surface area (Å²) in [7, 11) is 1.79. The van der Waals surface area contributed by atoms with E-state index in [1.54, 1.807) is 7.05 Å². The molecule has 1 aromatic carbocycles. The largest absolute Gasteiger partial charge is 0.492 e. The zero-order chi connectivity index (χ0) is 11.8. The highest BCUT2D eigenvalue weighted by Crippen LogP contribution is 2.12. The Hall–Kier alpha value is -1.10. The lowest BCUT2D eigenvalue weighted by atomic mass is 10.1. The first-order valence-corrected chi connectivity index (χ1v) is 5.41. The third-order valence-electron chi connectivity index (χ3n) is 2.40. The predicted molar refractivity (Wildman–Crippen MR) is 62.7 cm³/mol. The molecule has 0 aromatic heterocycles. The molecule has 1 aromatic rings. The average Bonchev–Trinajstić information content (AvgIpc) is 2.33. The number of hydrogen-bond donors (Lipinski definition) is 3. The summed E-state index contributed by atoms with van der Waals surface area (Å²) in [5.74, 6) is 0.774. The van der Waals surface area contributed by atoms with E-state index in [4.69, 9.17) is 14.9 Å². The maximum Gasteiger partial charge on any atom is 0.119 e. The molecule has 4 nitrogen and oxygen atoms in total. The van der Waals surface area contributed by atoms with Gasteiger partial charge < -0.3 is 20.3 Å². The third-order valence-corrected chi connectivity index (χ3v) is 2.40. The van der Waals surface area contributed by atoms with Crippen molar-refractivity contribution in [2.24, 2.45) is 0 Å². The standard InChI is InChI=1S/C12H19NO3/c1-13-11(8-15)9-16-12-4-2-10(3-5-12)6-7-14/h2-5,11,13-15H,6-9H2,1H3. The molecule has 16 heavy (non-hydrogen) atoms. The second-order valence-electron chi connectivity index (χ2n) is 3.60. The first-order chi connectivity index (χ1) is 7.80. The molecular formula is C12H19NO3. The topological polar surface area (TPSA) is 61.7 Å². The van der Waals surface area contributed by atoms with Gasteiger partial charge in [0, 0.05) is 6.61 Å². The van der Waals surface area contributed by atoms with Crippen LogP contribution in [0.15, 0.2) is 24.3 Å². The Bertz CT molecular complexity index is 283. The van der Waals surface area contributed by atoms with Gasteiger partial charge in [-0.05, 0) is 31.2 Å². The van der Waals surface area contributed by atoms with Gasteiger partial charge in [0.05, 0.1) is 12.6 Å². The number of ether oxygens (including phenoxy) is 1. The maximum atomic E-state index is 8.95. The molecule has 0 aliphatic heterocycles. The summed E-state index contributed by atoms with van der Waals surface area (Å²) in [6, 6.07) is 7.55. The van der Waals surface area contributed by atoms with Gasteiger partial charge in [0.2, 0.25) is 0 Å². The lowest BCUT2D eigenvalue weighted by Crippen LogP contribution is -2.34. The number of aliphatic hydroxyl groups excluding tert-OH is 2. The monoisotopic (exact) mass is 225 g/mol. The van der Waals surface area contributed by atoms with Crippen LogP contribution in [-0.4, -0.2) is 43.1 Å². The maximum absolute atomic E-state index is 8.95. The molecule has 90 valence electrons. The molecule has 1 atom stereocenters. The summed E-state index contributed by atoms with van der Waals surface area (Å²) >= 11 is 0. The summed E-state index contributed by atoms with van der Waals surface area (Å²) in [5, 5.41) is 20.7. The average molecular weight is 225 g/mol. The van der Waals surface area contributed by atoms with Gasteiger partial charge in [0.1, 0.15) is 12.4 Å². The van der Waals surface area contributed by atoms with E-state index in [2.05, 4.69) is 5.32 Å². The van der Waals surface area contributed by atoms with Gasteiger partial charge in [-0.15, -0.1) is 0 Å². The van der Waals surface area contributed by atoms with Crippen molar-refractivity contribution in [3.63, 3.8) is 0 Å². The molecule has 0 saturated carbocycles. The van der Waals surface area contributed by atoms with Gasteiger partial charge in [-0.1, -0.05) is 12.1 Å². The highest BCUT2D eigenvalue weighted by atomic mass is 16.5. The molecule has 0 heterocycles. The van der Waals surface area contributed by atoms with E-state index < -0.39 is 0 Å². The molecule has 0 spiro atoms. The molecule has 0 amide bonds. The smallest absolute Gasteiger partial charge is 0.119 e. The van der Waals surface area contributed by atoms with E-state index in [9.17, 15) is 0 Å². The second-order valence-corrected chi connectivity index (χ2v) is 3.60. The van der Waals surface area contributed by atoms with E-state index >= 15 is 0 Å². The molecule has 1 unspecified atom stereocenters. The summed E-state index contributed by atoms with van der Waals surface area (Å²) in [5.41, 5.74) is 1.09. The van der Waals surface area contributed by atoms with Crippen molar-refractivity contribution < 1.29 is 14.9 Å². The van der Waals surface area contributed by atoms with Gasteiger partial charge in [-0.2, -0.15) is 0 Å². The molecule has 4 heteroatoms. The van der Waals surface area contributed by atoms with Crippen LogP contribution in [0.3, 0.4) is 0 Å². The number of likely N-dealkylation sites (N-methyl/N-ethyl adjacent to an activating group) is 1. The van der Waals surface area contributed by atoms with Crippen LogP contribution in [0.2, 0.25) is 0 Å². The van der Waals surface area contributed by atoms with Crippen LogP contribution >= 0.6 is 0 Å². The molecule has 0 fully saturated rings. The van der Waals surface area contributed by atoms with Crippen LogP contribution in [0.25, 0.3) is 0 Å². The quantitative estimate of drug-likeness (QED) is 0.619. The van der Waals surface area contributed by atoms with E-state index in [1.807, 2.05) is 24.3 Å². The number of benzene rings is 1. The zero-order valence-electron chi connectivity index (χ0n) is 9.52. The Morgan fingerprint density at radius 2 is 1.94 bits per heavy atom. The zero-order valence-corrected chi connectivity index (χ0v) is 9.52. The Morgan fingerprint density at radius 3 is 2.44 bits per heavy atom. The normalized spacial score (nSPS) is 12.4. The van der Waals surface area contributed by atoms with Crippen molar-refractivity contribution in [1.82, 2.24) is 5.32 Å². The first-order valence-electron chi connectivity index (χ1n) is 5.41. The Labute approximate surface area is 95.9 Å². The SMILES string of the molecule is CNC(CO)COc1ccc(CCO)cc1. The summed E-state index contributed by atoms with van der Waals surface area (Å²) in [4.78, 5) is 0. The van der Waals surface area contributed by atoms with Crippen LogP contribution in [-0.2, 0) is 6.42 Å². The van der Waals surface area contributed by atoms with Gasteiger partial charge in [0.25, 0.3) is 0 Å². The minimum absolute atomic E-state index is 0.0443. The highest BCUT2D eigenvalue weighted by molar-refractivity contribution is 5.27. The van der Waals surface area contributed by atoms with Crippen LogP contribution < -0.4 is 10.1 Å². The number of aliphatic hydroxyl groups is 2. The summed E-state index contributed by atoms with van der Waals surface area (Å²) in [6.45, 7) is 0.651. The summed E-state index contributed by atoms with van der Waals surface area (Å²) < 4.78 is 5.50.